The van der Waals surface area contributed by atoms with Crippen molar-refractivity contribution in [2.45, 2.75) is 57.0 Å². The molecular formula is C36H39IN4O4. The predicted molar refractivity (Wildman–Crippen MR) is 182 cm³/mol. The van der Waals surface area contributed by atoms with Gasteiger partial charge >= 0.3 is 0 Å². The number of nitrogens with zero attached hydrogens (tertiary/aromatic N) is 4. The van der Waals surface area contributed by atoms with Gasteiger partial charge in [0.1, 0.15) is 17.5 Å². The molecule has 3 aromatic carbocycles. The Morgan fingerprint density at radius 2 is 1.89 bits per heavy atom. The number of aryl methyl sites for hydroxylation is 1. The lowest BCUT2D eigenvalue weighted by atomic mass is 9.63. The number of amides is 1. The highest BCUT2D eigenvalue weighted by Crippen LogP contribution is 2.59. The summed E-state index contributed by atoms with van der Waals surface area (Å²) in [6.07, 6.45) is 3.02. The second kappa shape index (κ2) is 12.3. The van der Waals surface area contributed by atoms with Crippen LogP contribution in [0.1, 0.15) is 55.7 Å². The zero-order valence-electron chi connectivity index (χ0n) is 26.1. The van der Waals surface area contributed by atoms with Crippen LogP contribution in [0.2, 0.25) is 0 Å². The number of carbonyl (C=O) groups excluding carboxylic acids is 1. The molecule has 1 saturated heterocycles. The molecule has 8 nitrogen and oxygen atoms in total. The molecule has 0 saturated carbocycles. The van der Waals surface area contributed by atoms with Gasteiger partial charge in [0, 0.05) is 34.1 Å². The number of ether oxygens (including phenoxy) is 2. The molecule has 0 bridgehead atoms. The number of rotatable bonds is 10. The summed E-state index contributed by atoms with van der Waals surface area (Å²) in [5, 5.41) is 19.5. The summed E-state index contributed by atoms with van der Waals surface area (Å²) in [7, 11) is 1.67. The van der Waals surface area contributed by atoms with Crippen LogP contribution in [0.3, 0.4) is 0 Å². The normalized spacial score (nSPS) is 23.4. The third-order valence-electron chi connectivity index (χ3n) is 9.70. The van der Waals surface area contributed by atoms with E-state index in [9.17, 15) is 9.90 Å². The van der Waals surface area contributed by atoms with Crippen LogP contribution < -0.4 is 9.64 Å². The number of aromatic nitrogens is 3. The number of aliphatic hydroxyl groups excluding tert-OH is 1. The third-order valence-corrected chi connectivity index (χ3v) is 10.4. The Kier molecular flexibility index (Phi) is 8.62. The van der Waals surface area contributed by atoms with E-state index >= 15 is 0 Å². The lowest BCUT2D eigenvalue weighted by molar-refractivity contribution is -0.146. The highest BCUT2D eigenvalue weighted by Gasteiger charge is 2.65. The van der Waals surface area contributed by atoms with Crippen LogP contribution >= 0.6 is 22.6 Å². The summed E-state index contributed by atoms with van der Waals surface area (Å²) < 4.78 is 15.4. The molecule has 9 heteroatoms. The Hall–Kier alpha value is -3.54. The van der Waals surface area contributed by atoms with Gasteiger partial charge in [0.15, 0.2) is 5.60 Å². The first-order chi connectivity index (χ1) is 21.6. The van der Waals surface area contributed by atoms with E-state index in [-0.39, 0.29) is 29.3 Å². The zero-order chi connectivity index (χ0) is 31.9. The molecular weight excluding hydrogens is 679 g/mol. The quantitative estimate of drug-likeness (QED) is 0.151. The zero-order valence-corrected chi connectivity index (χ0v) is 28.2. The molecule has 0 unspecified atom stereocenters. The van der Waals surface area contributed by atoms with E-state index < -0.39 is 11.7 Å². The fourth-order valence-corrected chi connectivity index (χ4v) is 7.97. The molecule has 1 aromatic heterocycles. The van der Waals surface area contributed by atoms with Crippen LogP contribution in [0.4, 0.5) is 5.69 Å². The predicted octanol–water partition coefficient (Wildman–Crippen LogP) is 6.42. The number of halogens is 1. The molecule has 0 radical (unpaired) electrons. The topological polar surface area (TPSA) is 89.7 Å². The van der Waals surface area contributed by atoms with Crippen molar-refractivity contribution in [3.05, 3.63) is 118 Å². The fourth-order valence-electron chi connectivity index (χ4n) is 7.48. The molecule has 1 spiro atoms. The Balaban J connectivity index is 1.37. The molecule has 5 atom stereocenters. The van der Waals surface area contributed by atoms with Gasteiger partial charge in [-0.05, 0) is 75.9 Å². The van der Waals surface area contributed by atoms with Crippen molar-refractivity contribution >= 4 is 34.2 Å². The van der Waals surface area contributed by atoms with E-state index in [1.54, 1.807) is 24.1 Å². The summed E-state index contributed by atoms with van der Waals surface area (Å²) in [4.78, 5) is 16.3. The number of carbonyl (C=O) groups is 1. The second-order valence-electron chi connectivity index (χ2n) is 12.5. The summed E-state index contributed by atoms with van der Waals surface area (Å²) in [5.74, 6) is 0.582. The van der Waals surface area contributed by atoms with E-state index in [0.29, 0.717) is 25.2 Å². The fraction of sp³-hybridized carbons (Fsp3) is 0.361. The SMILES string of the molecule is C=CCN1C(=O)[C@]2(O[C@H](CCn3cc([C@H](O)c4ccccc4)nn3)[C@@H](C(C)(C)c3ccc(OC)cc3)[C@@H]2C)c2cc(I)ccc21. The van der Waals surface area contributed by atoms with Gasteiger partial charge in [-0.3, -0.25) is 9.48 Å². The lowest BCUT2D eigenvalue weighted by Gasteiger charge is -2.38. The first-order valence-electron chi connectivity index (χ1n) is 15.3. The molecule has 45 heavy (non-hydrogen) atoms. The monoisotopic (exact) mass is 718 g/mol. The molecule has 234 valence electrons. The average molecular weight is 719 g/mol. The van der Waals surface area contributed by atoms with Gasteiger partial charge in [-0.1, -0.05) is 74.5 Å². The minimum Gasteiger partial charge on any atom is -0.497 e. The van der Waals surface area contributed by atoms with Gasteiger partial charge in [0.2, 0.25) is 0 Å². The maximum atomic E-state index is 14.5. The van der Waals surface area contributed by atoms with E-state index in [2.05, 4.69) is 78.5 Å². The van der Waals surface area contributed by atoms with Crippen LogP contribution in [-0.4, -0.2) is 45.8 Å². The van der Waals surface area contributed by atoms with Gasteiger partial charge in [-0.15, -0.1) is 11.7 Å². The molecule has 2 aliphatic heterocycles. The minimum absolute atomic E-state index is 0.0258. The van der Waals surface area contributed by atoms with Crippen molar-refractivity contribution in [1.29, 1.82) is 0 Å². The van der Waals surface area contributed by atoms with Gasteiger partial charge in [0.25, 0.3) is 5.91 Å². The van der Waals surface area contributed by atoms with Gasteiger partial charge in [-0.25, -0.2) is 0 Å². The van der Waals surface area contributed by atoms with E-state index in [1.807, 2.05) is 59.5 Å². The molecule has 2 aliphatic rings. The summed E-state index contributed by atoms with van der Waals surface area (Å²) in [6, 6.07) is 23.8. The average Bonchev–Trinajstić information content (AvgIpc) is 3.71. The Morgan fingerprint density at radius 3 is 2.58 bits per heavy atom. The Labute approximate surface area is 278 Å². The third kappa shape index (κ3) is 5.38. The summed E-state index contributed by atoms with van der Waals surface area (Å²) in [5.41, 5.74) is 2.71. The van der Waals surface area contributed by atoms with Crippen molar-refractivity contribution in [1.82, 2.24) is 15.0 Å². The van der Waals surface area contributed by atoms with Crippen LogP contribution in [-0.2, 0) is 27.1 Å². The van der Waals surface area contributed by atoms with Gasteiger partial charge in [0.05, 0.1) is 25.1 Å². The highest BCUT2D eigenvalue weighted by molar-refractivity contribution is 14.1. The molecule has 3 heterocycles. The van der Waals surface area contributed by atoms with E-state index in [1.165, 1.54) is 0 Å². The standard InChI is InChI=1S/C36H39IN4O4/c1-6-19-41-30-17-14-26(37)21-28(30)36(34(41)43)23(2)32(35(3,4)25-12-15-27(44-5)16-13-25)31(45-36)18-20-40-22-29(38-39-40)33(42)24-10-8-7-9-11-24/h6-17,21-23,31-33,42H,1,18-20H2,2-5H3/t23-,31+,32-,33+,36+/m0/s1. The number of aliphatic hydroxyl groups is 1. The van der Waals surface area contributed by atoms with Crippen LogP contribution in [0, 0.1) is 15.4 Å². The number of anilines is 1. The molecule has 0 aliphatic carbocycles. The van der Waals surface area contributed by atoms with Crippen molar-refractivity contribution in [3.8, 4) is 5.75 Å². The van der Waals surface area contributed by atoms with Crippen molar-refractivity contribution in [3.63, 3.8) is 0 Å². The summed E-state index contributed by atoms with van der Waals surface area (Å²) in [6.45, 7) is 11.5. The van der Waals surface area contributed by atoms with Gasteiger partial charge < -0.3 is 19.5 Å². The van der Waals surface area contributed by atoms with E-state index in [0.717, 1.165) is 31.7 Å². The maximum absolute atomic E-state index is 14.5. The van der Waals surface area contributed by atoms with Crippen LogP contribution in [0.5, 0.6) is 5.75 Å². The smallest absolute Gasteiger partial charge is 0.264 e. The maximum Gasteiger partial charge on any atom is 0.264 e. The lowest BCUT2D eigenvalue weighted by Crippen LogP contribution is -2.46. The number of benzene rings is 3. The van der Waals surface area contributed by atoms with Gasteiger partial charge in [-0.2, -0.15) is 0 Å². The first kappa shape index (κ1) is 31.4. The van der Waals surface area contributed by atoms with Crippen molar-refractivity contribution in [2.75, 3.05) is 18.6 Å². The number of hydrogen-bond donors (Lipinski definition) is 1. The Morgan fingerprint density at radius 1 is 1.16 bits per heavy atom. The summed E-state index contributed by atoms with van der Waals surface area (Å²) >= 11 is 2.31. The minimum atomic E-state index is -1.13. The number of methoxy groups -OCH3 is 1. The van der Waals surface area contributed by atoms with Crippen molar-refractivity contribution < 1.29 is 19.4 Å². The number of hydrogen-bond acceptors (Lipinski definition) is 6. The second-order valence-corrected chi connectivity index (χ2v) is 13.8. The van der Waals surface area contributed by atoms with Crippen LogP contribution in [0.25, 0.3) is 0 Å². The van der Waals surface area contributed by atoms with E-state index in [4.69, 9.17) is 9.47 Å². The number of fused-ring (bicyclic) bond motifs is 2. The molecule has 6 rings (SSSR count). The molecule has 1 fully saturated rings. The van der Waals surface area contributed by atoms with Crippen molar-refractivity contribution in [2.24, 2.45) is 11.8 Å². The Bertz CT molecular complexity index is 1690. The molecule has 1 N–H and O–H groups in total. The first-order valence-corrected chi connectivity index (χ1v) is 16.4. The largest absolute Gasteiger partial charge is 0.497 e. The highest BCUT2D eigenvalue weighted by atomic mass is 127. The molecule has 1 amide bonds. The van der Waals surface area contributed by atoms with Crippen LogP contribution in [0.15, 0.2) is 91.6 Å². The molecule has 4 aromatic rings.